The summed E-state index contributed by atoms with van der Waals surface area (Å²) in [7, 11) is 0. The number of rotatable bonds is 21. The van der Waals surface area contributed by atoms with Crippen LogP contribution in [-0.2, 0) is 19.1 Å². The Morgan fingerprint density at radius 3 is 2.14 bits per heavy atom. The van der Waals surface area contributed by atoms with E-state index in [1.807, 2.05) is 0 Å². The van der Waals surface area contributed by atoms with E-state index >= 15 is 0 Å². The summed E-state index contributed by atoms with van der Waals surface area (Å²) in [5.74, 6) is -1.42. The van der Waals surface area contributed by atoms with E-state index in [1.54, 1.807) is 12.1 Å². The first kappa shape index (κ1) is 34.4. The summed E-state index contributed by atoms with van der Waals surface area (Å²) in [6, 6.07) is 12.2. The number of ether oxygens (including phenoxy) is 3. The Morgan fingerprint density at radius 2 is 1.49 bits per heavy atom. The topological polar surface area (TPSA) is 235 Å². The SMILES string of the molecule is [N-]=[N+]=Nc1ccc(C(=O)Oc2ccc(C(=O)CCCOCCOCC(=O)CC[C@@H](CCCN=C(N)N)C(N)=O)cc2)cc1. The van der Waals surface area contributed by atoms with Crippen LogP contribution in [0.15, 0.2) is 58.6 Å². The molecule has 0 heterocycles. The molecule has 230 valence electrons. The molecule has 2 aromatic rings. The molecule has 43 heavy (non-hydrogen) atoms. The zero-order valence-corrected chi connectivity index (χ0v) is 23.9. The van der Waals surface area contributed by atoms with Crippen molar-refractivity contribution in [2.45, 2.75) is 38.5 Å². The molecule has 14 nitrogen and oxygen atoms in total. The number of azide groups is 1. The molecule has 14 heteroatoms. The molecule has 0 aromatic heterocycles. The standard InChI is InChI=1S/C29H37N7O7/c30-27(39)21(3-1-15-34-29(31)32)7-12-24(37)19-42-18-17-41-16-2-4-26(38)20-8-13-25(14-9-20)43-28(40)22-5-10-23(11-6-22)35-36-33/h5-6,8-11,13-14,21H,1-4,7,12,15-19H2,(H2,30,39)(H4,31,32,34)/t21-/m1/s1. The number of carbonyl (C=O) groups excluding carboxylic acids is 4. The predicted octanol–water partition coefficient (Wildman–Crippen LogP) is 3.35. The molecule has 0 fully saturated rings. The number of esters is 1. The van der Waals surface area contributed by atoms with Crippen LogP contribution in [0.3, 0.4) is 0 Å². The Morgan fingerprint density at radius 1 is 0.814 bits per heavy atom. The van der Waals surface area contributed by atoms with Crippen molar-refractivity contribution < 1.29 is 33.4 Å². The third kappa shape index (κ3) is 14.1. The van der Waals surface area contributed by atoms with Crippen molar-refractivity contribution in [3.05, 3.63) is 70.1 Å². The molecule has 2 aromatic carbocycles. The number of Topliss-reactive ketones (excluding diaryl/α,β-unsaturated/α-hetero) is 2. The summed E-state index contributed by atoms with van der Waals surface area (Å²) >= 11 is 0. The molecule has 2 rings (SSSR count). The first-order valence-corrected chi connectivity index (χ1v) is 13.7. The van der Waals surface area contributed by atoms with Crippen LogP contribution in [0.25, 0.3) is 10.4 Å². The summed E-state index contributed by atoms with van der Waals surface area (Å²) in [5.41, 5.74) is 25.5. The van der Waals surface area contributed by atoms with Crippen LogP contribution in [0.2, 0.25) is 0 Å². The van der Waals surface area contributed by atoms with Gasteiger partial charge in [-0.2, -0.15) is 0 Å². The Labute approximate surface area is 249 Å². The van der Waals surface area contributed by atoms with Crippen LogP contribution in [0.5, 0.6) is 5.75 Å². The minimum absolute atomic E-state index is 0.0137. The van der Waals surface area contributed by atoms with Crippen molar-refractivity contribution in [3.63, 3.8) is 0 Å². The summed E-state index contributed by atoms with van der Waals surface area (Å²) in [4.78, 5) is 54.9. The monoisotopic (exact) mass is 595 g/mol. The highest BCUT2D eigenvalue weighted by Gasteiger charge is 2.17. The summed E-state index contributed by atoms with van der Waals surface area (Å²) in [6.45, 7) is 1.14. The average molecular weight is 596 g/mol. The molecule has 0 radical (unpaired) electrons. The van der Waals surface area contributed by atoms with Gasteiger partial charge in [-0.1, -0.05) is 17.2 Å². The fourth-order valence-corrected chi connectivity index (χ4v) is 3.86. The first-order chi connectivity index (χ1) is 20.7. The lowest BCUT2D eigenvalue weighted by Crippen LogP contribution is -2.25. The highest BCUT2D eigenvalue weighted by molar-refractivity contribution is 5.96. The second kappa shape index (κ2) is 19.4. The Bertz CT molecular complexity index is 1290. The number of amides is 1. The number of hydrogen-bond acceptors (Lipinski definition) is 9. The lowest BCUT2D eigenvalue weighted by Gasteiger charge is -2.12. The van der Waals surface area contributed by atoms with Gasteiger partial charge in [0.15, 0.2) is 17.5 Å². The molecular weight excluding hydrogens is 558 g/mol. The highest BCUT2D eigenvalue weighted by atomic mass is 16.5. The van der Waals surface area contributed by atoms with Gasteiger partial charge in [-0.15, -0.1) is 0 Å². The van der Waals surface area contributed by atoms with E-state index < -0.39 is 17.8 Å². The van der Waals surface area contributed by atoms with Crippen LogP contribution in [0, 0.1) is 5.92 Å². The van der Waals surface area contributed by atoms with Gasteiger partial charge in [0.25, 0.3) is 0 Å². The van der Waals surface area contributed by atoms with E-state index in [9.17, 15) is 19.2 Å². The van der Waals surface area contributed by atoms with Crippen LogP contribution in [0.4, 0.5) is 5.69 Å². The maximum atomic E-state index is 12.4. The predicted molar refractivity (Wildman–Crippen MR) is 159 cm³/mol. The van der Waals surface area contributed by atoms with Gasteiger partial charge >= 0.3 is 5.97 Å². The minimum atomic E-state index is -0.582. The average Bonchev–Trinajstić information content (AvgIpc) is 2.98. The third-order valence-electron chi connectivity index (χ3n) is 6.16. The molecule has 1 amide bonds. The van der Waals surface area contributed by atoms with Crippen LogP contribution < -0.4 is 21.9 Å². The van der Waals surface area contributed by atoms with Crippen molar-refractivity contribution in [1.82, 2.24) is 0 Å². The fraction of sp³-hybridized carbons (Fsp3) is 0.414. The smallest absolute Gasteiger partial charge is 0.343 e. The maximum absolute atomic E-state index is 12.4. The molecule has 0 bridgehead atoms. The van der Waals surface area contributed by atoms with E-state index in [2.05, 4.69) is 15.0 Å². The second-order valence-electron chi connectivity index (χ2n) is 9.47. The lowest BCUT2D eigenvalue weighted by atomic mass is 9.96. The number of primary amides is 1. The largest absolute Gasteiger partial charge is 0.423 e. The minimum Gasteiger partial charge on any atom is -0.423 e. The molecule has 0 spiro atoms. The van der Waals surface area contributed by atoms with Gasteiger partial charge in [0.1, 0.15) is 12.4 Å². The first-order valence-electron chi connectivity index (χ1n) is 13.7. The molecule has 0 aliphatic heterocycles. The highest BCUT2D eigenvalue weighted by Crippen LogP contribution is 2.18. The van der Waals surface area contributed by atoms with Crippen LogP contribution in [0.1, 0.15) is 59.2 Å². The number of nitrogens with two attached hydrogens (primary N) is 3. The van der Waals surface area contributed by atoms with Crippen molar-refractivity contribution in [1.29, 1.82) is 0 Å². The Balaban J connectivity index is 1.57. The van der Waals surface area contributed by atoms with Crippen molar-refractivity contribution in [2.24, 2.45) is 33.2 Å². The van der Waals surface area contributed by atoms with Gasteiger partial charge in [0.05, 0.1) is 18.8 Å². The molecule has 0 aliphatic rings. The maximum Gasteiger partial charge on any atom is 0.343 e. The normalized spacial score (nSPS) is 11.2. The van der Waals surface area contributed by atoms with E-state index in [4.69, 9.17) is 36.9 Å². The van der Waals surface area contributed by atoms with E-state index in [0.717, 1.165) is 0 Å². The lowest BCUT2D eigenvalue weighted by molar-refractivity contribution is -0.125. The van der Waals surface area contributed by atoms with Gasteiger partial charge in [0, 0.05) is 48.1 Å². The molecular formula is C29H37N7O7. The summed E-state index contributed by atoms with van der Waals surface area (Å²) in [6.07, 6.45) is 2.36. The molecule has 0 aliphatic carbocycles. The van der Waals surface area contributed by atoms with Crippen LogP contribution in [-0.4, -0.2) is 62.4 Å². The Hall–Kier alpha value is -4.78. The quantitative estimate of drug-likeness (QED) is 0.0220. The zero-order chi connectivity index (χ0) is 31.5. The van der Waals surface area contributed by atoms with Gasteiger partial charge < -0.3 is 31.4 Å². The van der Waals surface area contributed by atoms with Crippen molar-refractivity contribution in [3.8, 4) is 5.75 Å². The van der Waals surface area contributed by atoms with Crippen molar-refractivity contribution in [2.75, 3.05) is 33.0 Å². The van der Waals surface area contributed by atoms with Gasteiger partial charge in [-0.05, 0) is 67.6 Å². The summed E-state index contributed by atoms with van der Waals surface area (Å²) in [5, 5.41) is 3.45. The third-order valence-corrected chi connectivity index (χ3v) is 6.16. The van der Waals surface area contributed by atoms with Crippen LogP contribution >= 0.6 is 0 Å². The van der Waals surface area contributed by atoms with Gasteiger partial charge in [-0.25, -0.2) is 4.79 Å². The number of nitrogens with zero attached hydrogens (tertiary/aromatic N) is 4. The fourth-order valence-electron chi connectivity index (χ4n) is 3.86. The van der Waals surface area contributed by atoms with Gasteiger partial charge in [-0.3, -0.25) is 19.4 Å². The number of carbonyl (C=O) groups is 4. The van der Waals surface area contributed by atoms with E-state index in [-0.39, 0.29) is 61.5 Å². The number of guanidine groups is 1. The van der Waals surface area contributed by atoms with E-state index in [0.29, 0.717) is 50.1 Å². The molecule has 6 N–H and O–H groups in total. The zero-order valence-electron chi connectivity index (χ0n) is 23.9. The van der Waals surface area contributed by atoms with Crippen molar-refractivity contribution >= 4 is 35.1 Å². The van der Waals surface area contributed by atoms with E-state index in [1.165, 1.54) is 36.4 Å². The Kier molecular flexibility index (Phi) is 15.5. The molecule has 1 atom stereocenters. The van der Waals surface area contributed by atoms with Gasteiger partial charge in [0.2, 0.25) is 5.91 Å². The number of benzene rings is 2. The number of aliphatic imine (C=N–C) groups is 1. The number of hydrogen-bond donors (Lipinski definition) is 3. The molecule has 0 saturated heterocycles. The second-order valence-corrected chi connectivity index (χ2v) is 9.47. The molecule has 0 unspecified atom stereocenters. The summed E-state index contributed by atoms with van der Waals surface area (Å²) < 4.78 is 16.1. The number of ketones is 2. The molecule has 0 saturated carbocycles.